The number of rotatable bonds is 6. The van der Waals surface area contributed by atoms with Gasteiger partial charge in [-0.2, -0.15) is 0 Å². The molecule has 0 saturated carbocycles. The molecule has 4 heteroatoms. The fourth-order valence-electron chi connectivity index (χ4n) is 0.604. The van der Waals surface area contributed by atoms with Crippen molar-refractivity contribution in [2.24, 2.45) is 0 Å². The summed E-state index contributed by atoms with van der Waals surface area (Å²) in [6.07, 6.45) is 2.62. The monoisotopic (exact) mass is 165 g/mol. The lowest BCUT2D eigenvalue weighted by Crippen LogP contribution is -2.20. The first-order chi connectivity index (χ1) is 4.77. The number of aliphatic hydroxyl groups excluding tert-OH is 1. The van der Waals surface area contributed by atoms with Gasteiger partial charge in [-0.15, -0.1) is 0 Å². The van der Waals surface area contributed by atoms with E-state index in [-0.39, 0.29) is 6.61 Å². The van der Waals surface area contributed by atoms with Crippen molar-refractivity contribution >= 4 is 10.8 Å². The molecule has 0 aliphatic heterocycles. The Morgan fingerprint density at radius 1 is 1.50 bits per heavy atom. The Balaban J connectivity index is 2.84. The van der Waals surface area contributed by atoms with Gasteiger partial charge in [0, 0.05) is 29.4 Å². The van der Waals surface area contributed by atoms with Gasteiger partial charge < -0.3 is 10.4 Å². The molecule has 0 aliphatic carbocycles. The number of hydrogen-bond donors (Lipinski definition) is 2. The van der Waals surface area contributed by atoms with Crippen LogP contribution < -0.4 is 5.32 Å². The third-order valence-corrected chi connectivity index (χ3v) is 1.94. The average molecular weight is 165 g/mol. The van der Waals surface area contributed by atoms with Crippen LogP contribution in [0.5, 0.6) is 0 Å². The first kappa shape index (κ1) is 10.1. The van der Waals surface area contributed by atoms with E-state index in [0.29, 0.717) is 6.54 Å². The smallest absolute Gasteiger partial charge is 0.0555 e. The minimum absolute atomic E-state index is 0.176. The summed E-state index contributed by atoms with van der Waals surface area (Å²) in [6, 6.07) is 0. The Hall–Kier alpha value is 0.0700. The summed E-state index contributed by atoms with van der Waals surface area (Å²) in [7, 11) is -0.673. The molecule has 2 N–H and O–H groups in total. The molecule has 0 aromatic carbocycles. The van der Waals surface area contributed by atoms with E-state index in [1.165, 1.54) is 0 Å². The van der Waals surface area contributed by atoms with Crippen molar-refractivity contribution in [3.63, 3.8) is 0 Å². The van der Waals surface area contributed by atoms with Crippen LogP contribution >= 0.6 is 0 Å². The first-order valence-electron chi connectivity index (χ1n) is 3.39. The van der Waals surface area contributed by atoms with Crippen molar-refractivity contribution in [1.29, 1.82) is 0 Å². The summed E-state index contributed by atoms with van der Waals surface area (Å²) in [4.78, 5) is 0. The molecule has 0 aliphatic rings. The summed E-state index contributed by atoms with van der Waals surface area (Å²) in [5, 5.41) is 11.4. The Kier molecular flexibility index (Phi) is 7.23. The van der Waals surface area contributed by atoms with E-state index in [9.17, 15) is 4.21 Å². The molecular formula is C6H15NO2S. The zero-order valence-corrected chi connectivity index (χ0v) is 7.12. The molecular weight excluding hydrogens is 150 g/mol. The van der Waals surface area contributed by atoms with Gasteiger partial charge in [0.05, 0.1) is 6.61 Å². The highest BCUT2D eigenvalue weighted by molar-refractivity contribution is 7.84. The predicted molar refractivity (Wildman–Crippen MR) is 43.5 cm³/mol. The molecule has 0 rings (SSSR count). The van der Waals surface area contributed by atoms with Gasteiger partial charge in [0.25, 0.3) is 0 Å². The summed E-state index contributed by atoms with van der Waals surface area (Å²) in [5.41, 5.74) is 0. The van der Waals surface area contributed by atoms with Crippen LogP contribution in [0.1, 0.15) is 6.42 Å². The SMILES string of the molecule is CS(=O)CCCNCCO. The van der Waals surface area contributed by atoms with Gasteiger partial charge in [-0.1, -0.05) is 0 Å². The van der Waals surface area contributed by atoms with E-state index >= 15 is 0 Å². The van der Waals surface area contributed by atoms with Gasteiger partial charge in [-0.25, -0.2) is 0 Å². The van der Waals surface area contributed by atoms with Crippen LogP contribution in [0, 0.1) is 0 Å². The summed E-state index contributed by atoms with van der Waals surface area (Å²) >= 11 is 0. The van der Waals surface area contributed by atoms with Crippen molar-refractivity contribution < 1.29 is 9.32 Å². The van der Waals surface area contributed by atoms with Gasteiger partial charge in [0.2, 0.25) is 0 Å². The quantitative estimate of drug-likeness (QED) is 0.514. The first-order valence-corrected chi connectivity index (χ1v) is 5.11. The fourth-order valence-corrected chi connectivity index (χ4v) is 1.16. The van der Waals surface area contributed by atoms with Crippen molar-refractivity contribution in [2.45, 2.75) is 6.42 Å². The van der Waals surface area contributed by atoms with Gasteiger partial charge in [0.1, 0.15) is 0 Å². The standard InChI is InChI=1S/C6H15NO2S/c1-10(9)6-2-3-7-4-5-8/h7-8H,2-6H2,1H3. The maximum atomic E-state index is 10.5. The van der Waals surface area contributed by atoms with E-state index in [2.05, 4.69) is 5.32 Å². The lowest BCUT2D eigenvalue weighted by atomic mass is 10.5. The Morgan fingerprint density at radius 2 is 2.20 bits per heavy atom. The molecule has 0 aromatic rings. The zero-order valence-electron chi connectivity index (χ0n) is 6.30. The molecule has 0 heterocycles. The molecule has 62 valence electrons. The highest BCUT2D eigenvalue weighted by atomic mass is 32.2. The van der Waals surface area contributed by atoms with Gasteiger partial charge in [-0.3, -0.25) is 4.21 Å². The van der Waals surface area contributed by atoms with Crippen LogP contribution in [0.25, 0.3) is 0 Å². The van der Waals surface area contributed by atoms with E-state index < -0.39 is 10.8 Å². The number of aliphatic hydroxyl groups is 1. The molecule has 0 spiro atoms. The normalized spacial score (nSPS) is 13.4. The van der Waals surface area contributed by atoms with Crippen LogP contribution in [0.4, 0.5) is 0 Å². The molecule has 0 aromatic heterocycles. The minimum Gasteiger partial charge on any atom is -0.395 e. The summed E-state index contributed by atoms with van der Waals surface area (Å²) < 4.78 is 10.5. The topological polar surface area (TPSA) is 49.3 Å². The largest absolute Gasteiger partial charge is 0.395 e. The Morgan fingerprint density at radius 3 is 2.70 bits per heavy atom. The van der Waals surface area contributed by atoms with Gasteiger partial charge >= 0.3 is 0 Å². The molecule has 0 radical (unpaired) electrons. The van der Waals surface area contributed by atoms with Crippen molar-refractivity contribution in [1.82, 2.24) is 5.32 Å². The van der Waals surface area contributed by atoms with Gasteiger partial charge in [-0.05, 0) is 13.0 Å². The molecule has 0 bridgehead atoms. The van der Waals surface area contributed by atoms with Gasteiger partial charge in [0.15, 0.2) is 0 Å². The number of hydrogen-bond acceptors (Lipinski definition) is 3. The van der Waals surface area contributed by atoms with Crippen molar-refractivity contribution in [2.75, 3.05) is 31.7 Å². The molecule has 1 atom stereocenters. The zero-order chi connectivity index (χ0) is 7.82. The highest BCUT2D eigenvalue weighted by Gasteiger charge is 1.89. The van der Waals surface area contributed by atoms with E-state index in [4.69, 9.17) is 5.11 Å². The second-order valence-electron chi connectivity index (χ2n) is 2.10. The van der Waals surface area contributed by atoms with Crippen LogP contribution in [-0.2, 0) is 10.8 Å². The molecule has 1 unspecified atom stereocenters. The predicted octanol–water partition coefficient (Wildman–Crippen LogP) is -0.663. The summed E-state index contributed by atoms with van der Waals surface area (Å²) in [5.74, 6) is 0.748. The van der Waals surface area contributed by atoms with Crippen molar-refractivity contribution in [3.8, 4) is 0 Å². The highest BCUT2D eigenvalue weighted by Crippen LogP contribution is 1.80. The second kappa shape index (κ2) is 7.18. The van der Waals surface area contributed by atoms with Crippen LogP contribution in [-0.4, -0.2) is 41.0 Å². The molecule has 10 heavy (non-hydrogen) atoms. The fraction of sp³-hybridized carbons (Fsp3) is 1.00. The van der Waals surface area contributed by atoms with Crippen LogP contribution in [0.2, 0.25) is 0 Å². The van der Waals surface area contributed by atoms with E-state index in [1.807, 2.05) is 0 Å². The Bertz CT molecular complexity index is 97.7. The molecule has 0 saturated heterocycles. The maximum Gasteiger partial charge on any atom is 0.0555 e. The molecule has 0 amide bonds. The molecule has 3 nitrogen and oxygen atoms in total. The third-order valence-electron chi connectivity index (χ3n) is 1.07. The summed E-state index contributed by atoms with van der Waals surface area (Å²) in [6.45, 7) is 1.66. The third kappa shape index (κ3) is 8.07. The molecule has 0 fully saturated rings. The lowest BCUT2D eigenvalue weighted by molar-refractivity contribution is 0.292. The lowest BCUT2D eigenvalue weighted by Gasteiger charge is -1.99. The van der Waals surface area contributed by atoms with Crippen LogP contribution in [0.15, 0.2) is 0 Å². The minimum atomic E-state index is -0.673. The van der Waals surface area contributed by atoms with E-state index in [1.54, 1.807) is 6.26 Å². The average Bonchev–Trinajstić information content (AvgIpc) is 1.87. The maximum absolute atomic E-state index is 10.5. The van der Waals surface area contributed by atoms with Crippen LogP contribution in [0.3, 0.4) is 0 Å². The van der Waals surface area contributed by atoms with Crippen molar-refractivity contribution in [3.05, 3.63) is 0 Å². The number of nitrogens with one attached hydrogen (secondary N) is 1. The second-order valence-corrected chi connectivity index (χ2v) is 3.66. The van der Waals surface area contributed by atoms with E-state index in [0.717, 1.165) is 18.7 Å². The Labute approximate surface area is 64.3 Å².